The summed E-state index contributed by atoms with van der Waals surface area (Å²) in [6.45, 7) is 8.11. The second-order valence-electron chi connectivity index (χ2n) is 8.24. The summed E-state index contributed by atoms with van der Waals surface area (Å²) in [6.07, 6.45) is 1.68. The fraction of sp³-hybridized carbons (Fsp3) is 0.458. The van der Waals surface area contributed by atoms with Crippen LogP contribution in [0.3, 0.4) is 0 Å². The molecule has 0 aliphatic carbocycles. The number of carbonyl (C=O) groups is 1. The lowest BCUT2D eigenvalue weighted by atomic mass is 9.83. The van der Waals surface area contributed by atoms with Crippen molar-refractivity contribution < 1.29 is 9.18 Å². The number of hydrogen-bond acceptors (Lipinski definition) is 2. The van der Waals surface area contributed by atoms with E-state index in [-0.39, 0.29) is 29.6 Å². The van der Waals surface area contributed by atoms with Crippen LogP contribution in [0.25, 0.3) is 0 Å². The normalized spacial score (nSPS) is 21.0. The number of rotatable bonds is 6. The highest BCUT2D eigenvalue weighted by Gasteiger charge is 2.33. The molecule has 1 heterocycles. The van der Waals surface area contributed by atoms with Crippen LogP contribution in [0.2, 0.25) is 5.02 Å². The fourth-order valence-corrected chi connectivity index (χ4v) is 4.20. The van der Waals surface area contributed by atoms with Gasteiger partial charge in [-0.2, -0.15) is 0 Å². The van der Waals surface area contributed by atoms with E-state index in [2.05, 4.69) is 17.1 Å². The van der Waals surface area contributed by atoms with Crippen LogP contribution >= 0.6 is 11.6 Å². The molecule has 2 aromatic carbocycles. The molecule has 1 amide bonds. The van der Waals surface area contributed by atoms with E-state index in [1.807, 2.05) is 43.3 Å². The Kier molecular flexibility index (Phi) is 7.31. The molecule has 2 aromatic rings. The van der Waals surface area contributed by atoms with Crippen molar-refractivity contribution >= 4 is 17.5 Å². The number of carbonyl (C=O) groups excluding carboxylic acids is 1. The van der Waals surface area contributed by atoms with Crippen molar-refractivity contribution in [3.8, 4) is 0 Å². The number of likely N-dealkylation sites (tertiary alicyclic amines) is 1. The van der Waals surface area contributed by atoms with Crippen LogP contribution in [0.15, 0.2) is 42.5 Å². The van der Waals surface area contributed by atoms with Crippen LogP contribution in [0, 0.1) is 18.7 Å². The maximum Gasteiger partial charge on any atom is 0.224 e. The van der Waals surface area contributed by atoms with Gasteiger partial charge in [0.15, 0.2) is 0 Å². The zero-order valence-corrected chi connectivity index (χ0v) is 18.2. The third kappa shape index (κ3) is 5.58. The Hall–Kier alpha value is -1.91. The molecule has 0 radical (unpaired) electrons. The molecular formula is C24H30ClFN2O. The Balaban J connectivity index is 1.83. The Morgan fingerprint density at radius 1 is 1.28 bits per heavy atom. The van der Waals surface area contributed by atoms with E-state index in [1.54, 1.807) is 6.92 Å². The lowest BCUT2D eigenvalue weighted by Crippen LogP contribution is -2.47. The highest BCUT2D eigenvalue weighted by atomic mass is 35.5. The van der Waals surface area contributed by atoms with Crippen molar-refractivity contribution in [3.05, 3.63) is 70.0 Å². The molecular weight excluding hydrogens is 387 g/mol. The summed E-state index contributed by atoms with van der Waals surface area (Å²) in [5.74, 6) is -0.00981. The van der Waals surface area contributed by atoms with Gasteiger partial charge in [0.1, 0.15) is 5.82 Å². The van der Waals surface area contributed by atoms with Crippen LogP contribution in [0.4, 0.5) is 4.39 Å². The van der Waals surface area contributed by atoms with E-state index in [1.165, 1.54) is 6.07 Å². The van der Waals surface area contributed by atoms with Gasteiger partial charge in [0, 0.05) is 30.7 Å². The van der Waals surface area contributed by atoms with Gasteiger partial charge in [-0.3, -0.25) is 9.69 Å². The van der Waals surface area contributed by atoms with E-state index in [0.29, 0.717) is 18.7 Å². The molecule has 0 saturated carbocycles. The van der Waals surface area contributed by atoms with Gasteiger partial charge in [-0.1, -0.05) is 48.9 Å². The van der Waals surface area contributed by atoms with Gasteiger partial charge in [0.25, 0.3) is 0 Å². The van der Waals surface area contributed by atoms with Crippen LogP contribution in [-0.2, 0) is 11.3 Å². The van der Waals surface area contributed by atoms with Crippen molar-refractivity contribution in [1.29, 1.82) is 0 Å². The average Bonchev–Trinajstić information content (AvgIpc) is 2.71. The summed E-state index contributed by atoms with van der Waals surface area (Å²) < 4.78 is 13.8. The van der Waals surface area contributed by atoms with Crippen LogP contribution in [0.1, 0.15) is 49.3 Å². The number of piperidine rings is 1. The highest BCUT2D eigenvalue weighted by Crippen LogP contribution is 2.33. The molecule has 156 valence electrons. The number of hydrogen-bond donors (Lipinski definition) is 1. The fourth-order valence-electron chi connectivity index (χ4n) is 4.00. The summed E-state index contributed by atoms with van der Waals surface area (Å²) in [4.78, 5) is 15.2. The molecule has 1 aliphatic heterocycles. The Bertz CT molecular complexity index is 857. The molecule has 29 heavy (non-hydrogen) atoms. The summed E-state index contributed by atoms with van der Waals surface area (Å²) >= 11 is 6.37. The number of amides is 1. The lowest BCUT2D eigenvalue weighted by Gasteiger charge is -2.38. The quantitative estimate of drug-likeness (QED) is 0.692. The molecule has 1 aliphatic rings. The van der Waals surface area contributed by atoms with Crippen LogP contribution < -0.4 is 5.32 Å². The minimum atomic E-state index is -0.191. The number of benzene rings is 2. The lowest BCUT2D eigenvalue weighted by molar-refractivity contribution is -0.127. The largest absolute Gasteiger partial charge is 0.353 e. The highest BCUT2D eigenvalue weighted by molar-refractivity contribution is 6.31. The van der Waals surface area contributed by atoms with Crippen molar-refractivity contribution in [3.63, 3.8) is 0 Å². The molecule has 1 saturated heterocycles. The smallest absolute Gasteiger partial charge is 0.224 e. The van der Waals surface area contributed by atoms with Crippen molar-refractivity contribution in [1.82, 2.24) is 10.2 Å². The van der Waals surface area contributed by atoms with Crippen molar-refractivity contribution in [2.75, 3.05) is 13.1 Å². The second kappa shape index (κ2) is 9.73. The predicted octanol–water partition coefficient (Wildman–Crippen LogP) is 5.31. The molecule has 1 N–H and O–H groups in total. The summed E-state index contributed by atoms with van der Waals surface area (Å²) in [6, 6.07) is 13.3. The zero-order valence-electron chi connectivity index (χ0n) is 17.4. The SMILES string of the molecule is CC[C@H](C)NC(=O)[C@@H]1C[C@@H](c2ccc(F)c(C)c2)CN(Cc2ccccc2Cl)C1. The molecule has 5 heteroatoms. The van der Waals surface area contributed by atoms with Gasteiger partial charge < -0.3 is 5.32 Å². The molecule has 0 aromatic heterocycles. The first-order valence-corrected chi connectivity index (χ1v) is 10.8. The predicted molar refractivity (Wildman–Crippen MR) is 117 cm³/mol. The molecule has 3 nitrogen and oxygen atoms in total. The van der Waals surface area contributed by atoms with Gasteiger partial charge in [0.05, 0.1) is 5.92 Å². The Labute approximate surface area is 178 Å². The molecule has 1 fully saturated rings. The topological polar surface area (TPSA) is 32.3 Å². The number of nitrogens with zero attached hydrogens (tertiary/aromatic N) is 1. The second-order valence-corrected chi connectivity index (χ2v) is 8.65. The Morgan fingerprint density at radius 3 is 2.72 bits per heavy atom. The minimum absolute atomic E-state index is 0.101. The molecule has 0 spiro atoms. The summed E-state index contributed by atoms with van der Waals surface area (Å²) in [7, 11) is 0. The van der Waals surface area contributed by atoms with E-state index < -0.39 is 0 Å². The van der Waals surface area contributed by atoms with E-state index in [4.69, 9.17) is 11.6 Å². The maximum atomic E-state index is 13.8. The van der Waals surface area contributed by atoms with Crippen molar-refractivity contribution in [2.45, 2.75) is 52.1 Å². The van der Waals surface area contributed by atoms with Gasteiger partial charge in [-0.15, -0.1) is 0 Å². The standard InChI is InChI=1S/C24H30ClFN2O/c1-4-17(3)27-24(29)21-12-20(18-9-10-23(26)16(2)11-18)14-28(15-21)13-19-7-5-6-8-22(19)25/h5-11,17,20-21H,4,12-15H2,1-3H3,(H,27,29)/t17-,20+,21+/m0/s1. The average molecular weight is 417 g/mol. The monoisotopic (exact) mass is 416 g/mol. The third-order valence-corrected chi connectivity index (χ3v) is 6.27. The number of halogens is 2. The summed E-state index contributed by atoms with van der Waals surface area (Å²) in [5.41, 5.74) is 2.80. The minimum Gasteiger partial charge on any atom is -0.353 e. The van der Waals surface area contributed by atoms with E-state index >= 15 is 0 Å². The van der Waals surface area contributed by atoms with Gasteiger partial charge in [0.2, 0.25) is 5.91 Å². The summed E-state index contributed by atoms with van der Waals surface area (Å²) in [5, 5.41) is 3.88. The Morgan fingerprint density at radius 2 is 2.03 bits per heavy atom. The molecule has 0 unspecified atom stereocenters. The van der Waals surface area contributed by atoms with Gasteiger partial charge in [-0.25, -0.2) is 4.39 Å². The van der Waals surface area contributed by atoms with Gasteiger partial charge >= 0.3 is 0 Å². The number of aryl methyl sites for hydroxylation is 1. The van der Waals surface area contributed by atoms with E-state index in [0.717, 1.165) is 35.5 Å². The molecule has 3 rings (SSSR count). The third-order valence-electron chi connectivity index (χ3n) is 5.90. The number of nitrogens with one attached hydrogen (secondary N) is 1. The first kappa shape index (κ1) is 21.8. The first-order chi connectivity index (χ1) is 13.9. The molecule has 3 atom stereocenters. The first-order valence-electron chi connectivity index (χ1n) is 10.4. The van der Waals surface area contributed by atoms with Crippen LogP contribution in [0.5, 0.6) is 0 Å². The van der Waals surface area contributed by atoms with E-state index in [9.17, 15) is 9.18 Å². The van der Waals surface area contributed by atoms with Crippen molar-refractivity contribution in [2.24, 2.45) is 5.92 Å². The van der Waals surface area contributed by atoms with Crippen LogP contribution in [-0.4, -0.2) is 29.9 Å². The maximum absolute atomic E-state index is 13.8. The van der Waals surface area contributed by atoms with Gasteiger partial charge in [-0.05, 0) is 61.4 Å². The zero-order chi connectivity index (χ0) is 21.0. The molecule has 0 bridgehead atoms.